The van der Waals surface area contributed by atoms with Crippen molar-refractivity contribution >= 4 is 26.0 Å². The van der Waals surface area contributed by atoms with E-state index in [9.17, 15) is 8.42 Å². The van der Waals surface area contributed by atoms with Gasteiger partial charge in [-0.3, -0.25) is 4.98 Å². The van der Waals surface area contributed by atoms with Gasteiger partial charge in [-0.05, 0) is 71.4 Å². The molecular formula is C15H19BrN2O2S. The molecule has 3 saturated carbocycles. The van der Waals surface area contributed by atoms with Crippen molar-refractivity contribution in [3.8, 4) is 0 Å². The van der Waals surface area contributed by atoms with Crippen molar-refractivity contribution in [3.63, 3.8) is 0 Å². The number of rotatable bonds is 3. The van der Waals surface area contributed by atoms with Crippen molar-refractivity contribution in [3.05, 3.63) is 22.9 Å². The van der Waals surface area contributed by atoms with Crippen LogP contribution in [0.15, 0.2) is 27.8 Å². The second-order valence-electron chi connectivity index (χ2n) is 6.72. The Morgan fingerprint density at radius 2 is 1.95 bits per heavy atom. The largest absolute Gasteiger partial charge is 0.262 e. The molecule has 2 bridgehead atoms. The maximum absolute atomic E-state index is 12.5. The van der Waals surface area contributed by atoms with E-state index in [1.54, 1.807) is 12.3 Å². The zero-order valence-corrected chi connectivity index (χ0v) is 14.1. The van der Waals surface area contributed by atoms with Gasteiger partial charge in [-0.1, -0.05) is 6.42 Å². The van der Waals surface area contributed by atoms with Crippen molar-refractivity contribution in [1.82, 2.24) is 9.71 Å². The van der Waals surface area contributed by atoms with Gasteiger partial charge in [-0.2, -0.15) is 0 Å². The highest BCUT2D eigenvalue weighted by Gasteiger charge is 2.54. The monoisotopic (exact) mass is 370 g/mol. The van der Waals surface area contributed by atoms with E-state index in [1.807, 2.05) is 0 Å². The van der Waals surface area contributed by atoms with Crippen LogP contribution in [-0.2, 0) is 10.0 Å². The molecule has 1 aromatic heterocycles. The fourth-order valence-electron chi connectivity index (χ4n) is 5.01. The number of aromatic nitrogens is 1. The van der Waals surface area contributed by atoms with Crippen LogP contribution in [0, 0.1) is 23.7 Å². The van der Waals surface area contributed by atoms with Gasteiger partial charge >= 0.3 is 0 Å². The lowest BCUT2D eigenvalue weighted by Gasteiger charge is -2.31. The Kier molecular flexibility index (Phi) is 3.39. The molecule has 114 valence electrons. The lowest BCUT2D eigenvalue weighted by atomic mass is 9.79. The first kappa shape index (κ1) is 14.2. The van der Waals surface area contributed by atoms with Crippen LogP contribution in [0.4, 0.5) is 0 Å². The summed E-state index contributed by atoms with van der Waals surface area (Å²) < 4.78 is 28.7. The lowest BCUT2D eigenvalue weighted by molar-refractivity contribution is 0.224. The van der Waals surface area contributed by atoms with E-state index in [1.165, 1.54) is 31.9 Å². The fraction of sp³-hybridized carbons (Fsp3) is 0.667. The molecule has 4 nitrogen and oxygen atoms in total. The van der Waals surface area contributed by atoms with E-state index in [0.717, 1.165) is 24.2 Å². The van der Waals surface area contributed by atoms with Crippen molar-refractivity contribution in [1.29, 1.82) is 0 Å². The van der Waals surface area contributed by atoms with Gasteiger partial charge in [-0.15, -0.1) is 0 Å². The van der Waals surface area contributed by atoms with Gasteiger partial charge in [-0.25, -0.2) is 13.1 Å². The summed E-state index contributed by atoms with van der Waals surface area (Å²) in [6.07, 6.45) is 9.24. The molecule has 0 amide bonds. The predicted octanol–water partition coefficient (Wildman–Crippen LogP) is 2.95. The first-order chi connectivity index (χ1) is 10.0. The molecule has 3 aliphatic rings. The number of fused-ring (bicyclic) bond motifs is 5. The molecule has 21 heavy (non-hydrogen) atoms. The predicted molar refractivity (Wildman–Crippen MR) is 83.1 cm³/mol. The third kappa shape index (κ3) is 2.35. The van der Waals surface area contributed by atoms with E-state index in [4.69, 9.17) is 0 Å². The minimum Gasteiger partial charge on any atom is -0.262 e. The summed E-state index contributed by atoms with van der Waals surface area (Å²) in [5, 5.41) is 0. The van der Waals surface area contributed by atoms with Crippen LogP contribution in [0.25, 0.3) is 0 Å². The van der Waals surface area contributed by atoms with E-state index < -0.39 is 10.0 Å². The number of nitrogens with zero attached hydrogens (tertiary/aromatic N) is 1. The van der Waals surface area contributed by atoms with Gasteiger partial charge in [0.2, 0.25) is 10.0 Å². The van der Waals surface area contributed by atoms with E-state index in [-0.39, 0.29) is 10.9 Å². The molecule has 5 unspecified atom stereocenters. The molecule has 1 aromatic rings. The Balaban J connectivity index is 1.54. The summed E-state index contributed by atoms with van der Waals surface area (Å²) >= 11 is 3.28. The van der Waals surface area contributed by atoms with Gasteiger partial charge in [0.05, 0.1) is 0 Å². The average Bonchev–Trinajstić information content (AvgIpc) is 3.09. The highest BCUT2D eigenvalue weighted by atomic mass is 79.9. The molecular weight excluding hydrogens is 352 g/mol. The van der Waals surface area contributed by atoms with Gasteiger partial charge < -0.3 is 0 Å². The first-order valence-electron chi connectivity index (χ1n) is 7.67. The van der Waals surface area contributed by atoms with Crippen LogP contribution in [0.5, 0.6) is 0 Å². The van der Waals surface area contributed by atoms with Crippen LogP contribution < -0.4 is 4.72 Å². The van der Waals surface area contributed by atoms with Crippen molar-refractivity contribution < 1.29 is 8.42 Å². The smallest absolute Gasteiger partial charge is 0.242 e. The molecule has 3 fully saturated rings. The summed E-state index contributed by atoms with van der Waals surface area (Å²) in [6.45, 7) is 0. The Labute approximate surface area is 133 Å². The number of hydrogen-bond donors (Lipinski definition) is 1. The highest BCUT2D eigenvalue weighted by Crippen LogP contribution is 2.58. The Morgan fingerprint density at radius 3 is 2.76 bits per heavy atom. The summed E-state index contributed by atoms with van der Waals surface area (Å²) in [7, 11) is -3.46. The zero-order valence-electron chi connectivity index (χ0n) is 11.7. The highest BCUT2D eigenvalue weighted by molar-refractivity contribution is 9.10. The first-order valence-corrected chi connectivity index (χ1v) is 9.95. The summed E-state index contributed by atoms with van der Waals surface area (Å²) in [5.74, 6) is 2.94. The van der Waals surface area contributed by atoms with Crippen molar-refractivity contribution in [2.45, 2.75) is 43.0 Å². The van der Waals surface area contributed by atoms with Crippen LogP contribution in [0.3, 0.4) is 0 Å². The lowest BCUT2D eigenvalue weighted by Crippen LogP contribution is -2.42. The second-order valence-corrected chi connectivity index (χ2v) is 9.35. The number of pyridine rings is 1. The van der Waals surface area contributed by atoms with Crippen LogP contribution in [0.1, 0.15) is 32.1 Å². The van der Waals surface area contributed by atoms with Gasteiger partial charge in [0.25, 0.3) is 0 Å². The van der Waals surface area contributed by atoms with Crippen LogP contribution in [-0.4, -0.2) is 19.4 Å². The topological polar surface area (TPSA) is 59.1 Å². The Bertz CT molecular complexity index is 663. The Morgan fingerprint density at radius 1 is 1.14 bits per heavy atom. The molecule has 0 saturated heterocycles. The third-order valence-corrected chi connectivity index (χ3v) is 7.62. The third-order valence-electron chi connectivity index (χ3n) is 5.73. The molecule has 0 aromatic carbocycles. The molecule has 3 aliphatic carbocycles. The molecule has 0 aliphatic heterocycles. The molecule has 6 heteroatoms. The molecule has 0 spiro atoms. The molecule has 5 atom stereocenters. The number of hydrogen-bond acceptors (Lipinski definition) is 3. The number of halogens is 1. The fourth-order valence-corrected chi connectivity index (χ4v) is 6.81. The zero-order chi connectivity index (χ0) is 14.6. The van der Waals surface area contributed by atoms with Gasteiger partial charge in [0.1, 0.15) is 4.90 Å². The molecule has 1 N–H and O–H groups in total. The van der Waals surface area contributed by atoms with E-state index in [2.05, 4.69) is 25.6 Å². The number of sulfonamides is 1. The summed E-state index contributed by atoms with van der Waals surface area (Å²) in [5.41, 5.74) is 0. The second kappa shape index (κ2) is 5.03. The van der Waals surface area contributed by atoms with E-state index in [0.29, 0.717) is 10.4 Å². The molecule has 4 rings (SSSR count). The maximum atomic E-state index is 12.5. The summed E-state index contributed by atoms with van der Waals surface area (Å²) in [4.78, 5) is 4.21. The number of nitrogens with one attached hydrogen (secondary N) is 1. The van der Waals surface area contributed by atoms with E-state index >= 15 is 0 Å². The summed E-state index contributed by atoms with van der Waals surface area (Å²) in [6, 6.07) is 1.74. The average molecular weight is 371 g/mol. The Hall–Kier alpha value is -0.460. The SMILES string of the molecule is O=S(=O)(NC1CC2CC1C1CCCC21)c1cncc(Br)c1. The normalized spacial score (nSPS) is 37.9. The minimum atomic E-state index is -3.46. The molecule has 0 radical (unpaired) electrons. The van der Waals surface area contributed by atoms with Crippen molar-refractivity contribution in [2.75, 3.05) is 0 Å². The maximum Gasteiger partial charge on any atom is 0.242 e. The van der Waals surface area contributed by atoms with Gasteiger partial charge in [0.15, 0.2) is 0 Å². The van der Waals surface area contributed by atoms with Crippen LogP contribution in [0.2, 0.25) is 0 Å². The quantitative estimate of drug-likeness (QED) is 0.889. The standard InChI is InChI=1S/C15H19BrN2O2S/c16-10-6-11(8-17-7-10)21(19,20)18-15-5-9-4-14(15)13-3-1-2-12(9)13/h6-9,12-15,18H,1-5H2. The van der Waals surface area contributed by atoms with Gasteiger partial charge in [0, 0.05) is 22.9 Å². The van der Waals surface area contributed by atoms with Crippen LogP contribution >= 0.6 is 15.9 Å². The molecule has 1 heterocycles. The minimum absolute atomic E-state index is 0.123. The van der Waals surface area contributed by atoms with Crippen molar-refractivity contribution in [2.24, 2.45) is 23.7 Å².